The Bertz CT molecular complexity index is 1120. The zero-order valence-electron chi connectivity index (χ0n) is 18.6. The second-order valence-corrected chi connectivity index (χ2v) is 8.60. The van der Waals surface area contributed by atoms with Gasteiger partial charge in [0.15, 0.2) is 0 Å². The lowest BCUT2D eigenvalue weighted by molar-refractivity contribution is 0.139. The Labute approximate surface area is 194 Å². The third-order valence-electron chi connectivity index (χ3n) is 6.03. The quantitative estimate of drug-likeness (QED) is 0.497. The van der Waals surface area contributed by atoms with Crippen molar-refractivity contribution in [3.8, 4) is 17.2 Å². The lowest BCUT2D eigenvalue weighted by Crippen LogP contribution is -2.45. The van der Waals surface area contributed by atoms with E-state index in [0.717, 1.165) is 73.3 Å². The molecule has 2 heterocycles. The highest BCUT2D eigenvalue weighted by molar-refractivity contribution is 6.31. The molecule has 1 saturated heterocycles. The number of hydroxylamine groups is 1. The van der Waals surface area contributed by atoms with Crippen molar-refractivity contribution in [2.75, 3.05) is 58.5 Å². The summed E-state index contributed by atoms with van der Waals surface area (Å²) in [5.74, 6) is 0. The Hall–Kier alpha value is -2.69. The maximum absolute atomic E-state index is 9.70. The third-order valence-corrected chi connectivity index (χ3v) is 6.27. The van der Waals surface area contributed by atoms with Crippen molar-refractivity contribution < 1.29 is 4.84 Å². The highest BCUT2D eigenvalue weighted by Crippen LogP contribution is 2.34. The van der Waals surface area contributed by atoms with Gasteiger partial charge in [0.05, 0.1) is 12.8 Å². The Kier molecular flexibility index (Phi) is 7.23. The molecule has 0 N–H and O–H groups in total. The number of pyridine rings is 1. The first-order valence-electron chi connectivity index (χ1n) is 10.9. The molecule has 1 aliphatic rings. The second-order valence-electron chi connectivity index (χ2n) is 8.16. The van der Waals surface area contributed by atoms with E-state index < -0.39 is 0 Å². The number of rotatable bonds is 7. The van der Waals surface area contributed by atoms with Crippen LogP contribution in [0.25, 0.3) is 21.9 Å². The van der Waals surface area contributed by atoms with Crippen molar-refractivity contribution in [1.29, 1.82) is 5.26 Å². The smallest absolute Gasteiger partial charge is 0.148 e. The van der Waals surface area contributed by atoms with Crippen LogP contribution in [0.2, 0.25) is 5.02 Å². The molecule has 0 unspecified atom stereocenters. The zero-order valence-corrected chi connectivity index (χ0v) is 19.3. The molecule has 0 spiro atoms. The first kappa shape index (κ1) is 22.5. The molecular formula is C25H28ClN5O. The lowest BCUT2D eigenvalue weighted by atomic mass is 9.97. The molecule has 7 heteroatoms. The van der Waals surface area contributed by atoms with E-state index in [1.165, 1.54) is 0 Å². The highest BCUT2D eigenvalue weighted by atomic mass is 35.5. The van der Waals surface area contributed by atoms with Gasteiger partial charge < -0.3 is 9.80 Å². The minimum atomic E-state index is 0.385. The number of fused-ring (bicyclic) bond motifs is 1. The van der Waals surface area contributed by atoms with Gasteiger partial charge in [-0.05, 0) is 48.7 Å². The summed E-state index contributed by atoms with van der Waals surface area (Å²) in [7, 11) is 3.87. The molecule has 0 aliphatic carbocycles. The van der Waals surface area contributed by atoms with Crippen molar-refractivity contribution in [2.24, 2.45) is 0 Å². The van der Waals surface area contributed by atoms with Crippen LogP contribution in [0.5, 0.6) is 0 Å². The Morgan fingerprint density at radius 2 is 1.97 bits per heavy atom. The van der Waals surface area contributed by atoms with Gasteiger partial charge >= 0.3 is 0 Å². The van der Waals surface area contributed by atoms with E-state index in [4.69, 9.17) is 16.4 Å². The first-order chi connectivity index (χ1) is 15.6. The summed E-state index contributed by atoms with van der Waals surface area (Å²) in [5.41, 5.74) is 3.01. The van der Waals surface area contributed by atoms with Crippen molar-refractivity contribution in [2.45, 2.75) is 6.42 Å². The number of benzene rings is 2. The predicted octanol–water partition coefficient (Wildman–Crippen LogP) is 4.43. The van der Waals surface area contributed by atoms with Crippen LogP contribution in [0.15, 0.2) is 48.7 Å². The molecule has 0 radical (unpaired) electrons. The van der Waals surface area contributed by atoms with Crippen molar-refractivity contribution >= 4 is 28.1 Å². The summed E-state index contributed by atoms with van der Waals surface area (Å²) in [6.07, 6.45) is 2.76. The van der Waals surface area contributed by atoms with Gasteiger partial charge in [-0.25, -0.2) is 4.98 Å². The topological polar surface area (TPSA) is 55.6 Å². The fraction of sp³-hybridized carbons (Fsp3) is 0.360. The highest BCUT2D eigenvalue weighted by Gasteiger charge is 2.16. The molecule has 0 saturated carbocycles. The molecule has 1 fully saturated rings. The van der Waals surface area contributed by atoms with Gasteiger partial charge in [0.2, 0.25) is 0 Å². The van der Waals surface area contributed by atoms with Gasteiger partial charge in [0, 0.05) is 61.4 Å². The number of aromatic nitrogens is 1. The maximum atomic E-state index is 9.70. The number of piperazine rings is 1. The molecule has 1 aromatic heterocycles. The largest absolute Gasteiger partial charge is 0.304 e. The molecule has 4 rings (SSSR count). The zero-order chi connectivity index (χ0) is 22.5. The molecule has 3 aromatic rings. The van der Waals surface area contributed by atoms with Crippen molar-refractivity contribution in [3.63, 3.8) is 0 Å². The molecule has 0 bridgehead atoms. The van der Waals surface area contributed by atoms with E-state index >= 15 is 0 Å². The molecule has 6 nitrogen and oxygen atoms in total. The summed E-state index contributed by atoms with van der Waals surface area (Å²) in [6.45, 7) is 6.33. The van der Waals surface area contributed by atoms with E-state index in [-0.39, 0.29) is 0 Å². The van der Waals surface area contributed by atoms with Crippen LogP contribution in [0.1, 0.15) is 12.1 Å². The first-order valence-corrected chi connectivity index (χ1v) is 11.3. The monoisotopic (exact) mass is 449 g/mol. The van der Waals surface area contributed by atoms with Gasteiger partial charge in [0.25, 0.3) is 0 Å². The summed E-state index contributed by atoms with van der Waals surface area (Å²) in [4.78, 5) is 15.0. The molecule has 2 aromatic carbocycles. The minimum Gasteiger partial charge on any atom is -0.304 e. The average Bonchev–Trinajstić information content (AvgIpc) is 2.82. The number of hydrogen-bond acceptors (Lipinski definition) is 6. The fourth-order valence-corrected chi connectivity index (χ4v) is 4.40. The predicted molar refractivity (Wildman–Crippen MR) is 130 cm³/mol. The molecule has 1 aliphatic heterocycles. The van der Waals surface area contributed by atoms with Crippen LogP contribution in [-0.2, 0) is 4.84 Å². The Morgan fingerprint density at radius 1 is 1.16 bits per heavy atom. The Balaban J connectivity index is 1.60. The van der Waals surface area contributed by atoms with Gasteiger partial charge in [0.1, 0.15) is 11.8 Å². The maximum Gasteiger partial charge on any atom is 0.148 e. The summed E-state index contributed by atoms with van der Waals surface area (Å²) in [6, 6.07) is 15.9. The normalized spacial score (nSPS) is 15.1. The number of hydrogen-bond donors (Lipinski definition) is 0. The van der Waals surface area contributed by atoms with Crippen molar-refractivity contribution in [3.05, 3.63) is 59.4 Å². The van der Waals surface area contributed by atoms with Gasteiger partial charge in [-0.1, -0.05) is 29.8 Å². The van der Waals surface area contributed by atoms with Gasteiger partial charge in [-0.15, -0.1) is 0 Å². The van der Waals surface area contributed by atoms with E-state index in [1.807, 2.05) is 41.5 Å². The van der Waals surface area contributed by atoms with Crippen LogP contribution in [0, 0.1) is 11.3 Å². The van der Waals surface area contributed by atoms with Crippen LogP contribution >= 0.6 is 11.6 Å². The van der Waals surface area contributed by atoms with Crippen molar-refractivity contribution in [1.82, 2.24) is 14.8 Å². The number of nitrogens with zero attached hydrogens (tertiary/aromatic N) is 5. The molecule has 166 valence electrons. The summed E-state index contributed by atoms with van der Waals surface area (Å²) < 4.78 is 0. The standard InChI is InChI=1S/C25H28ClN5O/c1-29-11-13-30(14-12-29)9-4-10-31(32-2)22-8-7-20-18-28-24(17-27)25(23(20)16-22)19-5-3-6-21(26)15-19/h3,5-8,15-16,18H,4,9-14H2,1-2H3. The number of likely N-dealkylation sites (N-methyl/N-ethyl adjacent to an activating group) is 1. The van der Waals surface area contributed by atoms with Crippen LogP contribution in [-0.4, -0.2) is 68.2 Å². The van der Waals surface area contributed by atoms with E-state index in [9.17, 15) is 5.26 Å². The van der Waals surface area contributed by atoms with Crippen LogP contribution in [0.3, 0.4) is 0 Å². The van der Waals surface area contributed by atoms with E-state index in [2.05, 4.69) is 34.0 Å². The lowest BCUT2D eigenvalue weighted by Gasteiger charge is -2.32. The van der Waals surface area contributed by atoms with Gasteiger partial charge in [-0.3, -0.25) is 9.90 Å². The van der Waals surface area contributed by atoms with Crippen LogP contribution in [0.4, 0.5) is 5.69 Å². The molecule has 0 amide bonds. The molecule has 32 heavy (non-hydrogen) atoms. The average molecular weight is 450 g/mol. The Morgan fingerprint density at radius 3 is 2.69 bits per heavy atom. The molecule has 0 atom stereocenters. The number of halogens is 1. The van der Waals surface area contributed by atoms with E-state index in [0.29, 0.717) is 10.7 Å². The summed E-state index contributed by atoms with van der Waals surface area (Å²) >= 11 is 6.24. The minimum absolute atomic E-state index is 0.385. The molecular weight excluding hydrogens is 422 g/mol. The number of anilines is 1. The van der Waals surface area contributed by atoms with E-state index in [1.54, 1.807) is 13.3 Å². The van der Waals surface area contributed by atoms with Gasteiger partial charge in [-0.2, -0.15) is 5.26 Å². The fourth-order valence-electron chi connectivity index (χ4n) is 4.21. The second kappa shape index (κ2) is 10.3. The number of nitriles is 1. The third kappa shape index (κ3) is 5.03. The summed E-state index contributed by atoms with van der Waals surface area (Å²) in [5, 5.41) is 14.2. The van der Waals surface area contributed by atoms with Crippen LogP contribution < -0.4 is 5.06 Å². The SMILES string of the molecule is CON(CCCN1CCN(C)CC1)c1ccc2cnc(C#N)c(-c3cccc(Cl)c3)c2c1.